The molecule has 19 heavy (non-hydrogen) atoms. The molecule has 0 aliphatic carbocycles. The Morgan fingerprint density at radius 3 is 2.11 bits per heavy atom. The number of para-hydroxylation sites is 1. The van der Waals surface area contributed by atoms with E-state index >= 15 is 0 Å². The molecule has 0 unspecified atom stereocenters. The predicted molar refractivity (Wildman–Crippen MR) is 83.3 cm³/mol. The fraction of sp³-hybridized carbons (Fsp3) is 0.167. The molecule has 0 aliphatic heterocycles. The van der Waals surface area contributed by atoms with Crippen molar-refractivity contribution < 1.29 is 4.58 Å². The first-order valence-corrected chi connectivity index (χ1v) is 6.54. The zero-order chi connectivity index (χ0) is 13.7. The van der Waals surface area contributed by atoms with E-state index in [-0.39, 0.29) is 0 Å². The molecule has 2 aromatic carbocycles. The van der Waals surface area contributed by atoms with Crippen LogP contribution in [0.1, 0.15) is 16.7 Å². The lowest BCUT2D eigenvalue weighted by Crippen LogP contribution is -2.02. The SMILES string of the molecule is Cc1cccc(C)c1[N+](C)=C/C=C/c1ccccc1. The largest absolute Gasteiger partial charge is 0.210 e. The molecule has 2 rings (SSSR count). The second-order valence-electron chi connectivity index (χ2n) is 4.77. The van der Waals surface area contributed by atoms with Gasteiger partial charge in [0, 0.05) is 17.2 Å². The van der Waals surface area contributed by atoms with E-state index in [9.17, 15) is 0 Å². The maximum absolute atomic E-state index is 2.17. The first-order chi connectivity index (χ1) is 9.18. The normalized spacial score (nSPS) is 12.1. The van der Waals surface area contributed by atoms with E-state index < -0.39 is 0 Å². The van der Waals surface area contributed by atoms with E-state index in [1.165, 1.54) is 22.4 Å². The zero-order valence-electron chi connectivity index (χ0n) is 11.8. The van der Waals surface area contributed by atoms with E-state index in [0.717, 1.165) is 0 Å². The molecule has 0 heterocycles. The molecule has 96 valence electrons. The van der Waals surface area contributed by atoms with E-state index in [1.807, 2.05) is 6.07 Å². The summed E-state index contributed by atoms with van der Waals surface area (Å²) in [6, 6.07) is 16.7. The summed E-state index contributed by atoms with van der Waals surface area (Å²) in [6.07, 6.45) is 6.30. The van der Waals surface area contributed by atoms with Gasteiger partial charge in [-0.1, -0.05) is 48.5 Å². The number of hydrogen-bond donors (Lipinski definition) is 0. The Morgan fingerprint density at radius 2 is 1.47 bits per heavy atom. The van der Waals surface area contributed by atoms with Gasteiger partial charge in [-0.3, -0.25) is 0 Å². The molecule has 0 atom stereocenters. The van der Waals surface area contributed by atoms with Gasteiger partial charge in [0.2, 0.25) is 5.69 Å². The third-order valence-electron chi connectivity index (χ3n) is 3.19. The third kappa shape index (κ3) is 3.41. The van der Waals surface area contributed by atoms with Crippen LogP contribution in [0, 0.1) is 13.8 Å². The number of hydrogen-bond acceptors (Lipinski definition) is 0. The fourth-order valence-corrected chi connectivity index (χ4v) is 2.28. The first-order valence-electron chi connectivity index (χ1n) is 6.54. The molecular weight excluding hydrogens is 230 g/mol. The molecule has 2 aromatic rings. The Morgan fingerprint density at radius 1 is 0.842 bits per heavy atom. The van der Waals surface area contributed by atoms with E-state index in [0.29, 0.717) is 0 Å². The van der Waals surface area contributed by atoms with Gasteiger partial charge in [0.25, 0.3) is 0 Å². The smallest absolute Gasteiger partial charge is 0.201 e. The molecule has 0 N–H and O–H groups in total. The molecule has 0 aromatic heterocycles. The summed E-state index contributed by atoms with van der Waals surface area (Å²) in [7, 11) is 2.09. The first kappa shape index (κ1) is 13.3. The quantitative estimate of drug-likeness (QED) is 0.562. The predicted octanol–water partition coefficient (Wildman–Crippen LogP) is 4.36. The maximum Gasteiger partial charge on any atom is 0.210 e. The van der Waals surface area contributed by atoms with Crippen molar-refractivity contribution in [2.45, 2.75) is 13.8 Å². The number of benzene rings is 2. The second kappa shape index (κ2) is 6.14. The molecule has 1 nitrogen and oxygen atoms in total. The molecule has 0 saturated heterocycles. The topological polar surface area (TPSA) is 3.01 Å². The van der Waals surface area contributed by atoms with Crippen LogP contribution in [0.25, 0.3) is 6.08 Å². The standard InChI is InChI=1S/C18H20N/c1-15-9-7-10-16(2)18(15)19(3)14-8-13-17-11-5-4-6-12-17/h4-14H,1-3H3/q+1/b13-8+,19-14?. The van der Waals surface area contributed by atoms with Gasteiger partial charge in [-0.25, -0.2) is 4.58 Å². The Hall–Kier alpha value is -2.15. The van der Waals surface area contributed by atoms with E-state index in [2.05, 4.69) is 86.3 Å². The molecular formula is C18H20N+. The van der Waals surface area contributed by atoms with Crippen molar-refractivity contribution >= 4 is 18.0 Å². The van der Waals surface area contributed by atoms with Crippen LogP contribution in [-0.2, 0) is 0 Å². The lowest BCUT2D eigenvalue weighted by Gasteiger charge is -2.03. The molecule has 0 aliphatic rings. The summed E-state index contributed by atoms with van der Waals surface area (Å²) in [4.78, 5) is 0. The van der Waals surface area contributed by atoms with Crippen molar-refractivity contribution in [1.29, 1.82) is 0 Å². The van der Waals surface area contributed by atoms with E-state index in [4.69, 9.17) is 0 Å². The summed E-state index contributed by atoms with van der Waals surface area (Å²) in [5, 5.41) is 0. The second-order valence-corrected chi connectivity index (χ2v) is 4.77. The van der Waals surface area contributed by atoms with Crippen LogP contribution < -0.4 is 0 Å². The fourth-order valence-electron chi connectivity index (χ4n) is 2.28. The van der Waals surface area contributed by atoms with Gasteiger partial charge in [-0.2, -0.15) is 0 Å². The van der Waals surface area contributed by atoms with E-state index in [1.54, 1.807) is 0 Å². The van der Waals surface area contributed by atoms with Crippen molar-refractivity contribution in [3.63, 3.8) is 0 Å². The van der Waals surface area contributed by atoms with Crippen molar-refractivity contribution in [3.8, 4) is 0 Å². The van der Waals surface area contributed by atoms with Gasteiger partial charge < -0.3 is 0 Å². The maximum atomic E-state index is 2.17. The summed E-state index contributed by atoms with van der Waals surface area (Å²) >= 11 is 0. The van der Waals surface area contributed by atoms with Crippen molar-refractivity contribution in [2.75, 3.05) is 7.05 Å². The molecule has 0 spiro atoms. The number of allylic oxidation sites excluding steroid dienone is 1. The highest BCUT2D eigenvalue weighted by molar-refractivity contribution is 5.75. The summed E-state index contributed by atoms with van der Waals surface area (Å²) in [5.74, 6) is 0. The van der Waals surface area contributed by atoms with Crippen molar-refractivity contribution in [1.82, 2.24) is 0 Å². The Balaban J connectivity index is 2.22. The number of aryl methyl sites for hydroxylation is 2. The van der Waals surface area contributed by atoms with Gasteiger partial charge in [-0.05, 0) is 25.5 Å². The highest BCUT2D eigenvalue weighted by atomic mass is 15.0. The molecule has 0 fully saturated rings. The van der Waals surface area contributed by atoms with Gasteiger partial charge in [-0.15, -0.1) is 0 Å². The van der Waals surface area contributed by atoms with Crippen LogP contribution in [0.3, 0.4) is 0 Å². The average Bonchev–Trinajstić information content (AvgIpc) is 2.40. The molecule has 0 saturated carbocycles. The summed E-state index contributed by atoms with van der Waals surface area (Å²) < 4.78 is 2.17. The third-order valence-corrected chi connectivity index (χ3v) is 3.19. The van der Waals surface area contributed by atoms with Crippen LogP contribution in [0.5, 0.6) is 0 Å². The average molecular weight is 250 g/mol. The summed E-state index contributed by atoms with van der Waals surface area (Å²) in [5.41, 5.74) is 5.09. The van der Waals surface area contributed by atoms with Crippen LogP contribution in [0.15, 0.2) is 54.6 Å². The minimum Gasteiger partial charge on any atom is -0.201 e. The monoisotopic (exact) mass is 250 g/mol. The van der Waals surface area contributed by atoms with Crippen molar-refractivity contribution in [3.05, 3.63) is 71.3 Å². The van der Waals surface area contributed by atoms with Gasteiger partial charge >= 0.3 is 0 Å². The van der Waals surface area contributed by atoms with Crippen molar-refractivity contribution in [2.24, 2.45) is 0 Å². The highest BCUT2D eigenvalue weighted by Crippen LogP contribution is 2.21. The minimum atomic E-state index is 1.22. The van der Waals surface area contributed by atoms with Gasteiger partial charge in [0.1, 0.15) is 7.05 Å². The molecule has 0 amide bonds. The Kier molecular flexibility index (Phi) is 4.30. The lowest BCUT2D eigenvalue weighted by molar-refractivity contribution is -0.399. The Bertz CT molecular complexity index is 587. The van der Waals surface area contributed by atoms with Gasteiger partial charge in [0.05, 0.1) is 0 Å². The Labute approximate surface area is 115 Å². The van der Waals surface area contributed by atoms with Crippen LogP contribution in [-0.4, -0.2) is 17.8 Å². The van der Waals surface area contributed by atoms with Gasteiger partial charge in [0.15, 0.2) is 6.21 Å². The number of nitrogens with zero attached hydrogens (tertiary/aromatic N) is 1. The van der Waals surface area contributed by atoms with Crippen LogP contribution in [0.4, 0.5) is 5.69 Å². The van der Waals surface area contributed by atoms with Crippen LogP contribution in [0.2, 0.25) is 0 Å². The lowest BCUT2D eigenvalue weighted by atomic mass is 10.1. The summed E-state index contributed by atoms with van der Waals surface area (Å²) in [6.45, 7) is 4.29. The van der Waals surface area contributed by atoms with Crippen LogP contribution >= 0.6 is 0 Å². The highest BCUT2D eigenvalue weighted by Gasteiger charge is 2.09. The molecule has 0 bridgehead atoms. The number of rotatable bonds is 3. The molecule has 1 heteroatoms. The molecule has 0 radical (unpaired) electrons. The minimum absolute atomic E-state index is 1.22. The zero-order valence-corrected chi connectivity index (χ0v) is 11.8.